The summed E-state index contributed by atoms with van der Waals surface area (Å²) >= 11 is 1.82. The fourth-order valence-corrected chi connectivity index (χ4v) is 4.09. The Morgan fingerprint density at radius 2 is 1.89 bits per heavy atom. The van der Waals surface area contributed by atoms with Gasteiger partial charge < -0.3 is 16.0 Å². The minimum absolute atomic E-state index is 0. The van der Waals surface area contributed by atoms with Gasteiger partial charge in [-0.25, -0.2) is 0 Å². The molecule has 1 aromatic heterocycles. The predicted molar refractivity (Wildman–Crippen MR) is 130 cm³/mol. The van der Waals surface area contributed by atoms with Crippen LogP contribution in [0.25, 0.3) is 0 Å². The first kappa shape index (κ1) is 25.2. The van der Waals surface area contributed by atoms with Gasteiger partial charge in [0.2, 0.25) is 5.91 Å². The Labute approximate surface area is 191 Å². The molecule has 2 heterocycles. The standard InChI is InChI=1S/C20H35N5OS.HI/c1-5-21-18(26)20(3,4)15-24-19(22-6-2)23-14-16(17-10-9-13-27-17)25-11-7-8-12-25;/h9-10,13,16H,5-8,11-12,14-15H2,1-4H3,(H,21,26)(H2,22,23,24);1H. The maximum Gasteiger partial charge on any atom is 0.227 e. The summed E-state index contributed by atoms with van der Waals surface area (Å²) in [6, 6.07) is 4.71. The van der Waals surface area contributed by atoms with Gasteiger partial charge >= 0.3 is 0 Å². The van der Waals surface area contributed by atoms with Gasteiger partial charge in [-0.1, -0.05) is 6.07 Å². The first-order chi connectivity index (χ1) is 13.0. The smallest absolute Gasteiger partial charge is 0.227 e. The van der Waals surface area contributed by atoms with Crippen molar-refractivity contribution in [3.8, 4) is 0 Å². The number of halogens is 1. The number of guanidine groups is 1. The number of hydrogen-bond acceptors (Lipinski definition) is 4. The summed E-state index contributed by atoms with van der Waals surface area (Å²) in [6.07, 6.45) is 2.55. The Bertz CT molecular complexity index is 600. The molecule has 0 radical (unpaired) electrons. The van der Waals surface area contributed by atoms with Crippen molar-refractivity contribution in [3.05, 3.63) is 22.4 Å². The monoisotopic (exact) mass is 521 g/mol. The molecule has 1 atom stereocenters. The molecule has 0 aromatic carbocycles. The highest BCUT2D eigenvalue weighted by atomic mass is 127. The largest absolute Gasteiger partial charge is 0.357 e. The number of nitrogens with one attached hydrogen (secondary N) is 3. The van der Waals surface area contributed by atoms with Gasteiger partial charge in [-0.3, -0.25) is 14.7 Å². The Hall–Kier alpha value is -0.870. The highest BCUT2D eigenvalue weighted by Gasteiger charge is 2.27. The van der Waals surface area contributed by atoms with Crippen LogP contribution in [0.1, 0.15) is 51.5 Å². The highest BCUT2D eigenvalue weighted by Crippen LogP contribution is 2.27. The topological polar surface area (TPSA) is 68.8 Å². The molecule has 1 unspecified atom stereocenters. The van der Waals surface area contributed by atoms with E-state index in [9.17, 15) is 4.79 Å². The fourth-order valence-electron chi connectivity index (χ4n) is 3.23. The normalized spacial score (nSPS) is 16.4. The average molecular weight is 522 g/mol. The third-order valence-electron chi connectivity index (χ3n) is 4.84. The number of hydrogen-bond donors (Lipinski definition) is 3. The summed E-state index contributed by atoms with van der Waals surface area (Å²) in [7, 11) is 0. The number of carbonyl (C=O) groups is 1. The SMILES string of the molecule is CCNC(=O)C(C)(C)CN=C(NCC)NCC(c1cccs1)N1CCCC1.I. The van der Waals surface area contributed by atoms with Gasteiger partial charge in [0.15, 0.2) is 5.96 Å². The zero-order valence-electron chi connectivity index (χ0n) is 17.6. The summed E-state index contributed by atoms with van der Waals surface area (Å²) in [4.78, 5) is 20.8. The van der Waals surface area contributed by atoms with Crippen molar-refractivity contribution in [2.24, 2.45) is 10.4 Å². The van der Waals surface area contributed by atoms with Gasteiger partial charge in [0.05, 0.1) is 18.0 Å². The maximum atomic E-state index is 12.2. The minimum atomic E-state index is -0.527. The van der Waals surface area contributed by atoms with E-state index in [0.717, 1.165) is 32.1 Å². The minimum Gasteiger partial charge on any atom is -0.357 e. The van der Waals surface area contributed by atoms with Gasteiger partial charge in [-0.2, -0.15) is 0 Å². The Balaban J connectivity index is 0.00000392. The van der Waals surface area contributed by atoms with Crippen LogP contribution >= 0.6 is 35.3 Å². The number of rotatable bonds is 9. The van der Waals surface area contributed by atoms with Crippen LogP contribution in [0.2, 0.25) is 0 Å². The molecule has 1 aliphatic heterocycles. The van der Waals surface area contributed by atoms with Crippen molar-refractivity contribution in [1.82, 2.24) is 20.9 Å². The second-order valence-electron chi connectivity index (χ2n) is 7.59. The van der Waals surface area contributed by atoms with Crippen molar-refractivity contribution >= 4 is 47.2 Å². The predicted octanol–water partition coefficient (Wildman–Crippen LogP) is 3.22. The summed E-state index contributed by atoms with van der Waals surface area (Å²) < 4.78 is 0. The van der Waals surface area contributed by atoms with Crippen molar-refractivity contribution in [1.29, 1.82) is 0 Å². The number of likely N-dealkylation sites (tertiary alicyclic amines) is 1. The summed E-state index contributed by atoms with van der Waals surface area (Å²) in [5.41, 5.74) is -0.527. The van der Waals surface area contributed by atoms with E-state index in [2.05, 4.69) is 50.3 Å². The van der Waals surface area contributed by atoms with Gasteiger partial charge in [0.1, 0.15) is 0 Å². The third-order valence-corrected chi connectivity index (χ3v) is 5.82. The van der Waals surface area contributed by atoms with E-state index in [4.69, 9.17) is 0 Å². The number of thiophene rings is 1. The van der Waals surface area contributed by atoms with Crippen LogP contribution in [0.3, 0.4) is 0 Å². The second kappa shape index (κ2) is 12.6. The van der Waals surface area contributed by atoms with Crippen molar-refractivity contribution in [2.75, 3.05) is 39.3 Å². The fraction of sp³-hybridized carbons (Fsp3) is 0.700. The van der Waals surface area contributed by atoms with E-state index in [0.29, 0.717) is 19.1 Å². The van der Waals surface area contributed by atoms with E-state index in [1.807, 2.05) is 32.1 Å². The van der Waals surface area contributed by atoms with Crippen LogP contribution in [-0.4, -0.2) is 56.0 Å². The quantitative estimate of drug-likeness (QED) is 0.265. The summed E-state index contributed by atoms with van der Waals surface area (Å²) in [5, 5.41) is 11.8. The molecule has 1 aromatic rings. The van der Waals surface area contributed by atoms with Crippen LogP contribution in [0, 0.1) is 5.41 Å². The van der Waals surface area contributed by atoms with Gasteiger partial charge in [-0.05, 0) is 65.1 Å². The molecule has 0 spiro atoms. The van der Waals surface area contributed by atoms with E-state index in [-0.39, 0.29) is 29.9 Å². The highest BCUT2D eigenvalue weighted by molar-refractivity contribution is 14.0. The molecule has 0 bridgehead atoms. The lowest BCUT2D eigenvalue weighted by atomic mass is 9.92. The Kier molecular flexibility index (Phi) is 11.4. The molecular formula is C20H36IN5OS. The molecule has 1 saturated heterocycles. The van der Waals surface area contributed by atoms with Crippen molar-refractivity contribution < 1.29 is 4.79 Å². The summed E-state index contributed by atoms with van der Waals surface area (Å²) in [6.45, 7) is 12.9. The zero-order valence-corrected chi connectivity index (χ0v) is 20.7. The second-order valence-corrected chi connectivity index (χ2v) is 8.57. The molecule has 8 heteroatoms. The maximum absolute atomic E-state index is 12.2. The molecule has 28 heavy (non-hydrogen) atoms. The first-order valence-electron chi connectivity index (χ1n) is 10.1. The molecule has 2 rings (SSSR count). The van der Waals surface area contributed by atoms with Crippen molar-refractivity contribution in [3.63, 3.8) is 0 Å². The van der Waals surface area contributed by atoms with Crippen LogP contribution in [-0.2, 0) is 4.79 Å². The van der Waals surface area contributed by atoms with Crippen LogP contribution in [0.15, 0.2) is 22.5 Å². The molecule has 6 nitrogen and oxygen atoms in total. The van der Waals surface area contributed by atoms with E-state index >= 15 is 0 Å². The van der Waals surface area contributed by atoms with Gasteiger partial charge in [0, 0.05) is 24.5 Å². The summed E-state index contributed by atoms with van der Waals surface area (Å²) in [5.74, 6) is 0.814. The molecule has 1 amide bonds. The zero-order chi connectivity index (χ0) is 19.7. The van der Waals surface area contributed by atoms with Crippen LogP contribution in [0.5, 0.6) is 0 Å². The molecule has 3 N–H and O–H groups in total. The number of aliphatic imine (C=N–C) groups is 1. The van der Waals surface area contributed by atoms with Crippen LogP contribution < -0.4 is 16.0 Å². The Morgan fingerprint density at radius 3 is 2.46 bits per heavy atom. The third kappa shape index (κ3) is 7.51. The molecule has 160 valence electrons. The molecule has 1 fully saturated rings. The lowest BCUT2D eigenvalue weighted by Gasteiger charge is -2.28. The van der Waals surface area contributed by atoms with E-state index in [1.165, 1.54) is 17.7 Å². The van der Waals surface area contributed by atoms with Crippen LogP contribution in [0.4, 0.5) is 0 Å². The lowest BCUT2D eigenvalue weighted by molar-refractivity contribution is -0.128. The van der Waals surface area contributed by atoms with Gasteiger partial charge in [0.25, 0.3) is 0 Å². The first-order valence-corrected chi connectivity index (χ1v) is 10.9. The average Bonchev–Trinajstić information content (AvgIpc) is 3.34. The Morgan fingerprint density at radius 1 is 1.21 bits per heavy atom. The van der Waals surface area contributed by atoms with Crippen molar-refractivity contribution in [2.45, 2.75) is 46.6 Å². The van der Waals surface area contributed by atoms with Gasteiger partial charge in [-0.15, -0.1) is 35.3 Å². The molecule has 0 aliphatic carbocycles. The lowest BCUT2D eigenvalue weighted by Crippen LogP contribution is -2.44. The number of nitrogens with zero attached hydrogens (tertiary/aromatic N) is 2. The number of amides is 1. The molecular weight excluding hydrogens is 485 g/mol. The molecule has 0 saturated carbocycles. The number of carbonyl (C=O) groups excluding carboxylic acids is 1. The van der Waals surface area contributed by atoms with E-state index in [1.54, 1.807) is 0 Å². The molecule has 1 aliphatic rings. The van der Waals surface area contributed by atoms with E-state index < -0.39 is 5.41 Å².